The molecule has 1 aromatic heterocycles. The van der Waals surface area contributed by atoms with E-state index in [9.17, 15) is 27.6 Å². The molecular formula is C20H14F3NO6. The van der Waals surface area contributed by atoms with E-state index in [-0.39, 0.29) is 22.7 Å². The molecule has 0 fully saturated rings. The molecule has 0 atom stereocenters. The maximum Gasteiger partial charge on any atom is 0.387 e. The Kier molecular flexibility index (Phi) is 6.05. The highest BCUT2D eigenvalue weighted by molar-refractivity contribution is 6.05. The van der Waals surface area contributed by atoms with Crippen molar-refractivity contribution in [3.63, 3.8) is 0 Å². The van der Waals surface area contributed by atoms with Gasteiger partial charge in [0.1, 0.15) is 17.1 Å². The Hall–Kier alpha value is -3.82. The number of esters is 1. The molecular weight excluding hydrogens is 407 g/mol. The fourth-order valence-corrected chi connectivity index (χ4v) is 2.61. The van der Waals surface area contributed by atoms with E-state index in [1.165, 1.54) is 37.3 Å². The number of hydrogen-bond donors (Lipinski definition) is 1. The highest BCUT2D eigenvalue weighted by atomic mass is 19.3. The molecule has 0 aliphatic carbocycles. The Bertz CT molecular complexity index is 1110. The molecule has 30 heavy (non-hydrogen) atoms. The number of amides is 2. The molecule has 3 aromatic rings. The van der Waals surface area contributed by atoms with Crippen molar-refractivity contribution >= 4 is 28.8 Å². The van der Waals surface area contributed by atoms with Gasteiger partial charge in [-0.3, -0.25) is 14.9 Å². The predicted octanol–water partition coefficient (Wildman–Crippen LogP) is 3.60. The minimum atomic E-state index is -3.00. The summed E-state index contributed by atoms with van der Waals surface area (Å²) in [4.78, 5) is 36.0. The third-order valence-corrected chi connectivity index (χ3v) is 4.01. The van der Waals surface area contributed by atoms with Gasteiger partial charge in [0.15, 0.2) is 6.61 Å². The smallest absolute Gasteiger partial charge is 0.387 e. The maximum absolute atomic E-state index is 13.3. The van der Waals surface area contributed by atoms with Crippen molar-refractivity contribution in [3.8, 4) is 5.75 Å². The summed E-state index contributed by atoms with van der Waals surface area (Å²) in [7, 11) is 0. The van der Waals surface area contributed by atoms with Crippen molar-refractivity contribution < 1.29 is 41.4 Å². The van der Waals surface area contributed by atoms with Crippen molar-refractivity contribution in [3.05, 3.63) is 65.2 Å². The number of hydrogen-bond acceptors (Lipinski definition) is 6. The summed E-state index contributed by atoms with van der Waals surface area (Å²) in [5, 5.41) is 2.38. The summed E-state index contributed by atoms with van der Waals surface area (Å²) in [5.41, 5.74) is 0.628. The molecule has 0 saturated heterocycles. The van der Waals surface area contributed by atoms with Crippen LogP contribution in [0, 0.1) is 12.7 Å². The lowest BCUT2D eigenvalue weighted by Gasteiger charge is -2.07. The van der Waals surface area contributed by atoms with Gasteiger partial charge in [-0.15, -0.1) is 0 Å². The maximum atomic E-state index is 13.3. The highest BCUT2D eigenvalue weighted by Gasteiger charge is 2.21. The Labute approximate surface area is 167 Å². The van der Waals surface area contributed by atoms with E-state index < -0.39 is 36.8 Å². The first-order valence-corrected chi connectivity index (χ1v) is 8.49. The van der Waals surface area contributed by atoms with Crippen LogP contribution in [0.2, 0.25) is 0 Å². The van der Waals surface area contributed by atoms with Gasteiger partial charge in [-0.25, -0.2) is 9.18 Å². The third kappa shape index (κ3) is 4.77. The number of furan rings is 1. The van der Waals surface area contributed by atoms with E-state index in [1.54, 1.807) is 0 Å². The molecule has 0 aliphatic rings. The summed E-state index contributed by atoms with van der Waals surface area (Å²) in [5.74, 6) is -3.54. The fraction of sp³-hybridized carbons (Fsp3) is 0.150. The van der Waals surface area contributed by atoms with Crippen LogP contribution in [-0.4, -0.2) is 31.0 Å². The van der Waals surface area contributed by atoms with Gasteiger partial charge >= 0.3 is 12.6 Å². The number of alkyl halides is 2. The highest BCUT2D eigenvalue weighted by Crippen LogP contribution is 2.26. The van der Waals surface area contributed by atoms with E-state index in [0.29, 0.717) is 10.9 Å². The monoisotopic (exact) mass is 421 g/mol. The SMILES string of the molecule is Cc1c(C(=O)OCC(=O)NC(=O)c2ccc(OC(F)F)cc2)oc2ccc(F)cc12. The van der Waals surface area contributed by atoms with E-state index in [1.807, 2.05) is 5.32 Å². The summed E-state index contributed by atoms with van der Waals surface area (Å²) in [6.45, 7) is -2.25. The number of benzene rings is 2. The van der Waals surface area contributed by atoms with Crippen LogP contribution in [0.1, 0.15) is 26.5 Å². The Morgan fingerprint density at radius 2 is 1.80 bits per heavy atom. The van der Waals surface area contributed by atoms with E-state index in [4.69, 9.17) is 9.15 Å². The zero-order chi connectivity index (χ0) is 21.8. The van der Waals surface area contributed by atoms with Crippen LogP contribution in [0.3, 0.4) is 0 Å². The molecule has 0 unspecified atom stereocenters. The molecule has 1 heterocycles. The van der Waals surface area contributed by atoms with Gasteiger partial charge < -0.3 is 13.9 Å². The molecule has 1 N–H and O–H groups in total. The van der Waals surface area contributed by atoms with E-state index in [2.05, 4.69) is 4.74 Å². The van der Waals surface area contributed by atoms with Crippen molar-refractivity contribution in [2.24, 2.45) is 0 Å². The van der Waals surface area contributed by atoms with Crippen LogP contribution in [0.4, 0.5) is 13.2 Å². The van der Waals surface area contributed by atoms with Gasteiger partial charge in [0.2, 0.25) is 5.76 Å². The summed E-state index contributed by atoms with van der Waals surface area (Å²) >= 11 is 0. The van der Waals surface area contributed by atoms with Crippen LogP contribution in [0.25, 0.3) is 11.0 Å². The van der Waals surface area contributed by atoms with E-state index in [0.717, 1.165) is 12.1 Å². The zero-order valence-corrected chi connectivity index (χ0v) is 15.4. The van der Waals surface area contributed by atoms with Gasteiger partial charge in [-0.05, 0) is 49.4 Å². The normalized spacial score (nSPS) is 10.8. The van der Waals surface area contributed by atoms with Gasteiger partial charge in [0, 0.05) is 16.5 Å². The van der Waals surface area contributed by atoms with Gasteiger partial charge in [-0.2, -0.15) is 8.78 Å². The Morgan fingerprint density at radius 1 is 1.10 bits per heavy atom. The third-order valence-electron chi connectivity index (χ3n) is 4.01. The number of rotatable bonds is 6. The number of imide groups is 1. The number of carbonyl (C=O) groups excluding carboxylic acids is 3. The number of halogens is 3. The first kappa shape index (κ1) is 20.9. The lowest BCUT2D eigenvalue weighted by Crippen LogP contribution is -2.34. The molecule has 0 saturated carbocycles. The number of ether oxygens (including phenoxy) is 2. The van der Waals surface area contributed by atoms with Gasteiger partial charge in [0.05, 0.1) is 0 Å². The van der Waals surface area contributed by atoms with Crippen LogP contribution in [-0.2, 0) is 9.53 Å². The van der Waals surface area contributed by atoms with Crippen LogP contribution >= 0.6 is 0 Å². The quantitative estimate of drug-likeness (QED) is 0.612. The molecule has 156 valence electrons. The number of nitrogens with one attached hydrogen (secondary N) is 1. The molecule has 2 aromatic carbocycles. The predicted molar refractivity (Wildman–Crippen MR) is 96.7 cm³/mol. The minimum absolute atomic E-state index is 0.00597. The molecule has 0 radical (unpaired) electrons. The molecule has 0 bridgehead atoms. The average Bonchev–Trinajstić information content (AvgIpc) is 3.02. The topological polar surface area (TPSA) is 94.8 Å². The second-order valence-corrected chi connectivity index (χ2v) is 6.05. The fourth-order valence-electron chi connectivity index (χ4n) is 2.61. The lowest BCUT2D eigenvalue weighted by molar-refractivity contribution is -0.123. The standard InChI is InChI=1S/C20H14F3NO6/c1-10-14-8-12(21)4-7-15(14)30-17(10)19(27)28-9-16(25)24-18(26)11-2-5-13(6-3-11)29-20(22)23/h2-8,20H,9H2,1H3,(H,24,25,26). The Morgan fingerprint density at radius 3 is 2.47 bits per heavy atom. The summed E-state index contributed by atoms with van der Waals surface area (Å²) in [6, 6.07) is 8.38. The van der Waals surface area contributed by atoms with Crippen molar-refractivity contribution in [1.29, 1.82) is 0 Å². The van der Waals surface area contributed by atoms with Crippen molar-refractivity contribution in [1.82, 2.24) is 5.32 Å². The number of aryl methyl sites for hydroxylation is 1. The first-order chi connectivity index (χ1) is 14.2. The van der Waals surface area contributed by atoms with Gasteiger partial charge in [0.25, 0.3) is 11.8 Å². The summed E-state index contributed by atoms with van der Waals surface area (Å²) < 4.78 is 51.9. The second kappa shape index (κ2) is 8.68. The van der Waals surface area contributed by atoms with Gasteiger partial charge in [-0.1, -0.05) is 0 Å². The van der Waals surface area contributed by atoms with Crippen LogP contribution in [0.15, 0.2) is 46.9 Å². The van der Waals surface area contributed by atoms with Crippen LogP contribution < -0.4 is 10.1 Å². The molecule has 0 aliphatic heterocycles. The van der Waals surface area contributed by atoms with Crippen molar-refractivity contribution in [2.75, 3.05) is 6.61 Å². The average molecular weight is 421 g/mol. The largest absolute Gasteiger partial charge is 0.450 e. The first-order valence-electron chi connectivity index (χ1n) is 8.49. The molecule has 3 rings (SSSR count). The number of carbonyl (C=O) groups is 3. The molecule has 7 nitrogen and oxygen atoms in total. The second-order valence-electron chi connectivity index (χ2n) is 6.05. The molecule has 10 heteroatoms. The molecule has 0 spiro atoms. The Balaban J connectivity index is 1.57. The minimum Gasteiger partial charge on any atom is -0.450 e. The number of fused-ring (bicyclic) bond motifs is 1. The molecule has 2 amide bonds. The summed E-state index contributed by atoms with van der Waals surface area (Å²) in [6.07, 6.45) is 0. The lowest BCUT2D eigenvalue weighted by atomic mass is 10.1. The van der Waals surface area contributed by atoms with E-state index >= 15 is 0 Å². The zero-order valence-electron chi connectivity index (χ0n) is 15.4. The van der Waals surface area contributed by atoms with Crippen LogP contribution in [0.5, 0.6) is 5.75 Å². The van der Waals surface area contributed by atoms with Crippen molar-refractivity contribution in [2.45, 2.75) is 13.5 Å².